The normalized spacial score (nSPS) is 11.0. The molecule has 86 valence electrons. The summed E-state index contributed by atoms with van der Waals surface area (Å²) in [5.41, 5.74) is 1.01. The van der Waals surface area contributed by atoms with Crippen molar-refractivity contribution in [1.29, 1.82) is 0 Å². The van der Waals surface area contributed by atoms with Gasteiger partial charge in [-0.3, -0.25) is 4.79 Å². The molecule has 0 aliphatic carbocycles. The molecule has 1 amide bonds. The van der Waals surface area contributed by atoms with Crippen LogP contribution in [0.4, 0.5) is 0 Å². The predicted molar refractivity (Wildman–Crippen MR) is 71.0 cm³/mol. The van der Waals surface area contributed by atoms with Gasteiger partial charge < -0.3 is 5.32 Å². The molecule has 0 bridgehead atoms. The van der Waals surface area contributed by atoms with Crippen LogP contribution in [0.2, 0.25) is 0 Å². The third-order valence-corrected chi connectivity index (χ3v) is 2.45. The summed E-state index contributed by atoms with van der Waals surface area (Å²) < 4.78 is 1.01. The van der Waals surface area contributed by atoms with Crippen LogP contribution in [0.15, 0.2) is 34.8 Å². The molecule has 0 heterocycles. The summed E-state index contributed by atoms with van der Waals surface area (Å²) >= 11 is 3.38. The fraction of sp³-hybridized carbons (Fsp3) is 0.308. The first-order valence-corrected chi connectivity index (χ1v) is 6.08. The molecule has 0 saturated heterocycles. The molecular formula is C13H16BrNO. The van der Waals surface area contributed by atoms with Crippen LogP contribution >= 0.6 is 15.9 Å². The van der Waals surface area contributed by atoms with Gasteiger partial charge in [0, 0.05) is 17.1 Å². The van der Waals surface area contributed by atoms with Crippen LogP contribution < -0.4 is 5.32 Å². The fourth-order valence-electron chi connectivity index (χ4n) is 1.15. The molecule has 0 unspecified atom stereocenters. The van der Waals surface area contributed by atoms with Gasteiger partial charge in [-0.2, -0.15) is 0 Å². The van der Waals surface area contributed by atoms with Gasteiger partial charge in [0.15, 0.2) is 0 Å². The molecule has 0 radical (unpaired) electrons. The number of hydrogen-bond donors (Lipinski definition) is 1. The highest BCUT2D eigenvalue weighted by Gasteiger charge is 1.97. The highest BCUT2D eigenvalue weighted by atomic mass is 79.9. The summed E-state index contributed by atoms with van der Waals surface area (Å²) in [6.07, 6.45) is 3.37. The largest absolute Gasteiger partial charge is 0.352 e. The Morgan fingerprint density at radius 1 is 1.50 bits per heavy atom. The Morgan fingerprint density at radius 2 is 2.25 bits per heavy atom. The monoisotopic (exact) mass is 281 g/mol. The van der Waals surface area contributed by atoms with Crippen LogP contribution in [0.5, 0.6) is 0 Å². The van der Waals surface area contributed by atoms with E-state index >= 15 is 0 Å². The van der Waals surface area contributed by atoms with Crippen molar-refractivity contribution in [2.45, 2.75) is 13.8 Å². The Hall–Kier alpha value is -1.09. The number of amides is 1. The molecule has 0 aliphatic heterocycles. The highest BCUT2D eigenvalue weighted by Crippen LogP contribution is 2.12. The fourth-order valence-corrected chi connectivity index (χ4v) is 1.56. The first-order valence-electron chi connectivity index (χ1n) is 5.29. The van der Waals surface area contributed by atoms with Gasteiger partial charge in [-0.05, 0) is 29.7 Å². The van der Waals surface area contributed by atoms with Crippen molar-refractivity contribution >= 4 is 27.9 Å². The molecule has 1 N–H and O–H groups in total. The second-order valence-corrected chi connectivity index (χ2v) is 4.94. The number of rotatable bonds is 4. The van der Waals surface area contributed by atoms with E-state index in [2.05, 4.69) is 35.1 Å². The van der Waals surface area contributed by atoms with Gasteiger partial charge in [-0.25, -0.2) is 0 Å². The maximum atomic E-state index is 11.4. The van der Waals surface area contributed by atoms with E-state index in [1.54, 1.807) is 12.2 Å². The van der Waals surface area contributed by atoms with E-state index in [-0.39, 0.29) is 5.91 Å². The zero-order valence-corrected chi connectivity index (χ0v) is 11.1. The summed E-state index contributed by atoms with van der Waals surface area (Å²) in [7, 11) is 0. The van der Waals surface area contributed by atoms with Gasteiger partial charge in [0.05, 0.1) is 0 Å². The van der Waals surface area contributed by atoms with Crippen molar-refractivity contribution in [3.8, 4) is 0 Å². The predicted octanol–water partition coefficient (Wildman–Crippen LogP) is 3.23. The van der Waals surface area contributed by atoms with Crippen molar-refractivity contribution < 1.29 is 4.79 Å². The minimum atomic E-state index is -0.0475. The zero-order valence-electron chi connectivity index (χ0n) is 9.53. The van der Waals surface area contributed by atoms with Crippen LogP contribution in [0, 0.1) is 5.92 Å². The Labute approximate surface area is 105 Å². The van der Waals surface area contributed by atoms with Crippen LogP contribution in [-0.4, -0.2) is 12.5 Å². The number of nitrogens with one attached hydrogen (secondary N) is 1. The van der Waals surface area contributed by atoms with Gasteiger partial charge in [0.25, 0.3) is 0 Å². The van der Waals surface area contributed by atoms with Gasteiger partial charge >= 0.3 is 0 Å². The lowest BCUT2D eigenvalue weighted by molar-refractivity contribution is -0.116. The number of halogens is 1. The number of carbonyl (C=O) groups excluding carboxylic acids is 1. The van der Waals surface area contributed by atoms with Gasteiger partial charge in [-0.15, -0.1) is 0 Å². The minimum absolute atomic E-state index is 0.0475. The average molecular weight is 282 g/mol. The summed E-state index contributed by atoms with van der Waals surface area (Å²) in [5, 5.41) is 2.83. The van der Waals surface area contributed by atoms with Crippen LogP contribution in [0.3, 0.4) is 0 Å². The van der Waals surface area contributed by atoms with E-state index < -0.39 is 0 Å². The molecule has 2 nitrogen and oxygen atoms in total. The van der Waals surface area contributed by atoms with Crippen molar-refractivity contribution in [2.24, 2.45) is 5.92 Å². The van der Waals surface area contributed by atoms with E-state index in [0.717, 1.165) is 10.0 Å². The van der Waals surface area contributed by atoms with Crippen LogP contribution in [0.25, 0.3) is 6.08 Å². The van der Waals surface area contributed by atoms with Gasteiger partial charge in [0.1, 0.15) is 0 Å². The van der Waals surface area contributed by atoms with E-state index in [9.17, 15) is 4.79 Å². The van der Waals surface area contributed by atoms with Gasteiger partial charge in [-0.1, -0.05) is 41.9 Å². The Bertz CT molecular complexity index is 385. The molecule has 0 fully saturated rings. The molecular weight excluding hydrogens is 266 g/mol. The van der Waals surface area contributed by atoms with Crippen molar-refractivity contribution in [3.05, 3.63) is 40.4 Å². The lowest BCUT2D eigenvalue weighted by Gasteiger charge is -2.04. The molecule has 0 aromatic heterocycles. The Morgan fingerprint density at radius 3 is 2.88 bits per heavy atom. The summed E-state index contributed by atoms with van der Waals surface area (Å²) in [6.45, 7) is 4.85. The molecule has 0 spiro atoms. The molecule has 0 aliphatic rings. The SMILES string of the molecule is CC(C)CNC(=O)C=Cc1cccc(Br)c1. The second kappa shape index (κ2) is 6.48. The number of benzene rings is 1. The van der Waals surface area contributed by atoms with E-state index in [4.69, 9.17) is 0 Å². The average Bonchev–Trinajstić information content (AvgIpc) is 2.23. The van der Waals surface area contributed by atoms with E-state index in [0.29, 0.717) is 12.5 Å². The minimum Gasteiger partial charge on any atom is -0.352 e. The molecule has 1 aromatic rings. The topological polar surface area (TPSA) is 29.1 Å². The molecule has 0 saturated carbocycles. The Kier molecular flexibility index (Phi) is 5.26. The Balaban J connectivity index is 2.50. The molecule has 16 heavy (non-hydrogen) atoms. The van der Waals surface area contributed by atoms with Crippen molar-refractivity contribution in [1.82, 2.24) is 5.32 Å². The molecule has 0 atom stereocenters. The van der Waals surface area contributed by atoms with E-state index in [1.807, 2.05) is 24.3 Å². The molecule has 1 rings (SSSR count). The quantitative estimate of drug-likeness (QED) is 0.844. The standard InChI is InChI=1S/C13H16BrNO/c1-10(2)9-15-13(16)7-6-11-4-3-5-12(14)8-11/h3-8,10H,9H2,1-2H3,(H,15,16). The van der Waals surface area contributed by atoms with Crippen LogP contribution in [0.1, 0.15) is 19.4 Å². The smallest absolute Gasteiger partial charge is 0.244 e. The number of hydrogen-bond acceptors (Lipinski definition) is 1. The second-order valence-electron chi connectivity index (χ2n) is 4.03. The lowest BCUT2D eigenvalue weighted by atomic mass is 10.2. The van der Waals surface area contributed by atoms with Crippen molar-refractivity contribution in [3.63, 3.8) is 0 Å². The van der Waals surface area contributed by atoms with Crippen LogP contribution in [-0.2, 0) is 4.79 Å². The third kappa shape index (κ3) is 5.12. The van der Waals surface area contributed by atoms with Gasteiger partial charge in [0.2, 0.25) is 5.91 Å². The summed E-state index contributed by atoms with van der Waals surface area (Å²) in [4.78, 5) is 11.4. The third-order valence-electron chi connectivity index (χ3n) is 1.96. The summed E-state index contributed by atoms with van der Waals surface area (Å²) in [6, 6.07) is 7.81. The van der Waals surface area contributed by atoms with Crippen molar-refractivity contribution in [2.75, 3.05) is 6.54 Å². The molecule has 3 heteroatoms. The first kappa shape index (κ1) is 13.0. The maximum absolute atomic E-state index is 11.4. The van der Waals surface area contributed by atoms with E-state index in [1.165, 1.54) is 0 Å². The first-order chi connectivity index (χ1) is 7.58. The lowest BCUT2D eigenvalue weighted by Crippen LogP contribution is -2.25. The number of carbonyl (C=O) groups is 1. The zero-order chi connectivity index (χ0) is 12.0. The molecule has 1 aromatic carbocycles. The summed E-state index contributed by atoms with van der Waals surface area (Å²) in [5.74, 6) is 0.428. The maximum Gasteiger partial charge on any atom is 0.244 e. The highest BCUT2D eigenvalue weighted by molar-refractivity contribution is 9.10.